The molecule has 0 bridgehead atoms. The summed E-state index contributed by atoms with van der Waals surface area (Å²) in [4.78, 5) is 30.5. The van der Waals surface area contributed by atoms with Crippen molar-refractivity contribution in [3.63, 3.8) is 0 Å². The number of morpholine rings is 1. The predicted molar refractivity (Wildman–Crippen MR) is 111 cm³/mol. The normalized spacial score (nSPS) is 14.1. The molecule has 3 heterocycles. The molecule has 9 nitrogen and oxygen atoms in total. The number of rotatable bonds is 6. The topological polar surface area (TPSA) is 98.6 Å². The van der Waals surface area contributed by atoms with E-state index in [1.165, 1.54) is 23.9 Å². The van der Waals surface area contributed by atoms with Crippen molar-refractivity contribution in [2.24, 2.45) is 0 Å². The average Bonchev–Trinajstić information content (AvgIpc) is 3.20. The molecule has 0 aliphatic carbocycles. The van der Waals surface area contributed by atoms with Crippen molar-refractivity contribution in [2.45, 2.75) is 13.0 Å². The van der Waals surface area contributed by atoms with Crippen LogP contribution in [0.25, 0.3) is 10.9 Å². The van der Waals surface area contributed by atoms with E-state index in [1.807, 2.05) is 0 Å². The lowest BCUT2D eigenvalue weighted by Crippen LogP contribution is -2.42. The van der Waals surface area contributed by atoms with E-state index in [0.717, 1.165) is 6.07 Å². The van der Waals surface area contributed by atoms with Crippen LogP contribution in [0.4, 0.5) is 14.5 Å². The minimum atomic E-state index is -2.78. The highest BCUT2D eigenvalue weighted by Crippen LogP contribution is 2.30. The molecule has 2 aromatic heterocycles. The van der Waals surface area contributed by atoms with Gasteiger partial charge in [0.2, 0.25) is 5.91 Å². The van der Waals surface area contributed by atoms with Crippen LogP contribution in [-0.2, 0) is 16.1 Å². The summed E-state index contributed by atoms with van der Waals surface area (Å²) in [5.74, 6) is -0.382. The summed E-state index contributed by atoms with van der Waals surface area (Å²) in [6.45, 7) is 2.20. The largest absolute Gasteiger partial charge is 0.494 e. The SMILES string of the molecule is COc1cc2nn(CC(=O)N3CCOCC3)cc2cc1NC(=O)c1cccc(C(F)F)n1. The van der Waals surface area contributed by atoms with Gasteiger partial charge in [-0.15, -0.1) is 0 Å². The summed E-state index contributed by atoms with van der Waals surface area (Å²) in [6, 6.07) is 7.12. The smallest absolute Gasteiger partial charge is 0.280 e. The summed E-state index contributed by atoms with van der Waals surface area (Å²) in [5.41, 5.74) is 0.281. The maximum atomic E-state index is 12.9. The predicted octanol–water partition coefficient (Wildman–Crippen LogP) is 2.49. The number of benzene rings is 1. The van der Waals surface area contributed by atoms with E-state index in [4.69, 9.17) is 9.47 Å². The molecule has 1 aromatic carbocycles. The second-order valence-electron chi connectivity index (χ2n) is 7.13. The fourth-order valence-corrected chi connectivity index (χ4v) is 3.39. The molecule has 1 saturated heterocycles. The van der Waals surface area contributed by atoms with Crippen LogP contribution < -0.4 is 10.1 Å². The van der Waals surface area contributed by atoms with Gasteiger partial charge >= 0.3 is 0 Å². The average molecular weight is 445 g/mol. The highest BCUT2D eigenvalue weighted by atomic mass is 19.3. The first-order valence-electron chi connectivity index (χ1n) is 9.92. The van der Waals surface area contributed by atoms with Crippen molar-refractivity contribution >= 4 is 28.4 Å². The number of ether oxygens (including phenoxy) is 2. The van der Waals surface area contributed by atoms with E-state index in [0.29, 0.717) is 48.6 Å². The van der Waals surface area contributed by atoms with Gasteiger partial charge in [0, 0.05) is 30.7 Å². The molecule has 3 aromatic rings. The maximum absolute atomic E-state index is 12.9. The number of aromatic nitrogens is 3. The number of amides is 2. The Balaban J connectivity index is 1.55. The van der Waals surface area contributed by atoms with Gasteiger partial charge in [0.05, 0.1) is 31.5 Å². The fourth-order valence-electron chi connectivity index (χ4n) is 3.39. The number of nitrogens with one attached hydrogen (secondary N) is 1. The lowest BCUT2D eigenvalue weighted by atomic mass is 10.2. The van der Waals surface area contributed by atoms with Crippen LogP contribution >= 0.6 is 0 Å². The first-order chi connectivity index (χ1) is 15.4. The Labute approximate surface area is 181 Å². The number of carbonyl (C=O) groups excluding carboxylic acids is 2. The molecular formula is C21H21F2N5O4. The summed E-state index contributed by atoms with van der Waals surface area (Å²) in [6.07, 6.45) is -1.09. The second kappa shape index (κ2) is 9.27. The number of methoxy groups -OCH3 is 1. The first kappa shape index (κ1) is 21.6. The fraction of sp³-hybridized carbons (Fsp3) is 0.333. The lowest BCUT2D eigenvalue weighted by Gasteiger charge is -2.26. The lowest BCUT2D eigenvalue weighted by molar-refractivity contribution is -0.136. The van der Waals surface area contributed by atoms with Gasteiger partial charge in [-0.05, 0) is 18.2 Å². The van der Waals surface area contributed by atoms with Gasteiger partial charge in [-0.25, -0.2) is 13.8 Å². The van der Waals surface area contributed by atoms with Crippen LogP contribution in [0.1, 0.15) is 22.6 Å². The zero-order chi connectivity index (χ0) is 22.7. The first-order valence-corrected chi connectivity index (χ1v) is 9.92. The minimum absolute atomic E-state index is 0.0633. The Morgan fingerprint density at radius 1 is 1.25 bits per heavy atom. The van der Waals surface area contributed by atoms with Crippen LogP contribution in [-0.4, -0.2) is 64.9 Å². The molecule has 0 atom stereocenters. The Morgan fingerprint density at radius 3 is 2.75 bits per heavy atom. The zero-order valence-corrected chi connectivity index (χ0v) is 17.3. The number of anilines is 1. The van der Waals surface area contributed by atoms with Crippen molar-refractivity contribution in [3.8, 4) is 5.75 Å². The number of nitrogens with zero attached hydrogens (tertiary/aromatic N) is 4. The van der Waals surface area contributed by atoms with Gasteiger partial charge in [0.15, 0.2) is 0 Å². The van der Waals surface area contributed by atoms with Crippen molar-refractivity contribution in [3.05, 3.63) is 47.9 Å². The number of hydrogen-bond donors (Lipinski definition) is 1. The van der Waals surface area contributed by atoms with E-state index < -0.39 is 18.0 Å². The number of halogens is 2. The molecule has 0 unspecified atom stereocenters. The van der Waals surface area contributed by atoms with Crippen LogP contribution in [0.5, 0.6) is 5.75 Å². The quantitative estimate of drug-likeness (QED) is 0.626. The van der Waals surface area contributed by atoms with Crippen LogP contribution in [0.3, 0.4) is 0 Å². The third-order valence-electron chi connectivity index (χ3n) is 5.01. The molecule has 0 spiro atoms. The highest BCUT2D eigenvalue weighted by molar-refractivity contribution is 6.05. The van der Waals surface area contributed by atoms with Gasteiger partial charge < -0.3 is 19.7 Å². The van der Waals surface area contributed by atoms with Gasteiger partial charge in [-0.2, -0.15) is 5.10 Å². The Kier molecular flexibility index (Phi) is 6.26. The molecule has 0 radical (unpaired) electrons. The van der Waals surface area contributed by atoms with Crippen LogP contribution in [0, 0.1) is 0 Å². The third-order valence-corrected chi connectivity index (χ3v) is 5.01. The molecule has 168 valence electrons. The Morgan fingerprint density at radius 2 is 2.03 bits per heavy atom. The number of hydrogen-bond acceptors (Lipinski definition) is 6. The van der Waals surface area contributed by atoms with Crippen LogP contribution in [0.2, 0.25) is 0 Å². The molecule has 32 heavy (non-hydrogen) atoms. The highest BCUT2D eigenvalue weighted by Gasteiger charge is 2.19. The Hall–Kier alpha value is -3.60. The van der Waals surface area contributed by atoms with E-state index in [2.05, 4.69) is 15.4 Å². The monoisotopic (exact) mass is 445 g/mol. The molecule has 11 heteroatoms. The molecule has 1 aliphatic heterocycles. The third kappa shape index (κ3) is 4.67. The second-order valence-corrected chi connectivity index (χ2v) is 7.13. The maximum Gasteiger partial charge on any atom is 0.280 e. The summed E-state index contributed by atoms with van der Waals surface area (Å²) in [5, 5.41) is 7.73. The van der Waals surface area contributed by atoms with E-state index in [9.17, 15) is 18.4 Å². The molecule has 1 aliphatic rings. The standard InChI is InChI=1S/C21H21F2N5O4/c1-31-18-10-16-13(11-28(26-16)12-19(29)27-5-7-32-8-6-27)9-17(18)25-21(30)15-4-2-3-14(24-15)20(22)23/h2-4,9-11,20H,5-8,12H2,1H3,(H,25,30). The number of alkyl halides is 2. The molecule has 1 N–H and O–H groups in total. The number of fused-ring (bicyclic) bond motifs is 1. The van der Waals surface area contributed by atoms with Gasteiger partial charge in [-0.1, -0.05) is 6.07 Å². The van der Waals surface area contributed by atoms with Crippen LogP contribution in [0.15, 0.2) is 36.5 Å². The van der Waals surface area contributed by atoms with Crippen molar-refractivity contribution in [1.29, 1.82) is 0 Å². The van der Waals surface area contributed by atoms with Gasteiger partial charge in [0.1, 0.15) is 23.7 Å². The van der Waals surface area contributed by atoms with Crippen molar-refractivity contribution in [1.82, 2.24) is 19.7 Å². The molecule has 1 fully saturated rings. The van der Waals surface area contributed by atoms with Gasteiger partial charge in [0.25, 0.3) is 12.3 Å². The molecule has 0 saturated carbocycles. The van der Waals surface area contributed by atoms with Gasteiger partial charge in [-0.3, -0.25) is 14.3 Å². The number of carbonyl (C=O) groups is 2. The summed E-state index contributed by atoms with van der Waals surface area (Å²) < 4.78 is 37.9. The summed E-state index contributed by atoms with van der Waals surface area (Å²) in [7, 11) is 1.44. The molecule has 4 rings (SSSR count). The Bertz CT molecular complexity index is 1140. The van der Waals surface area contributed by atoms with E-state index in [1.54, 1.807) is 23.2 Å². The van der Waals surface area contributed by atoms with Crippen molar-refractivity contribution < 1.29 is 27.8 Å². The molecular weight excluding hydrogens is 424 g/mol. The molecule has 2 amide bonds. The van der Waals surface area contributed by atoms with E-state index in [-0.39, 0.29) is 18.1 Å². The van der Waals surface area contributed by atoms with Crippen molar-refractivity contribution in [2.75, 3.05) is 38.7 Å². The van der Waals surface area contributed by atoms with E-state index >= 15 is 0 Å². The summed E-state index contributed by atoms with van der Waals surface area (Å²) >= 11 is 0. The number of pyridine rings is 1. The minimum Gasteiger partial charge on any atom is -0.494 e. The zero-order valence-electron chi connectivity index (χ0n) is 17.3.